The Kier molecular flexibility index (Phi) is 3.79. The molecule has 3 rings (SSSR count). The molecule has 100 valence electrons. The van der Waals surface area contributed by atoms with Crippen LogP contribution in [0.1, 0.15) is 44.2 Å². The Morgan fingerprint density at radius 1 is 1.26 bits per heavy atom. The number of pyridine rings is 1. The van der Waals surface area contributed by atoms with Crippen molar-refractivity contribution in [3.63, 3.8) is 0 Å². The predicted molar refractivity (Wildman–Crippen MR) is 80.1 cm³/mol. The van der Waals surface area contributed by atoms with Gasteiger partial charge in [-0.05, 0) is 49.4 Å². The normalized spacial score (nSPS) is 17.3. The molecule has 1 fully saturated rings. The van der Waals surface area contributed by atoms with Crippen LogP contribution >= 0.6 is 0 Å². The van der Waals surface area contributed by atoms with Crippen molar-refractivity contribution in [1.82, 2.24) is 10.3 Å². The molecule has 2 aromatic rings. The van der Waals surface area contributed by atoms with Crippen LogP contribution in [-0.4, -0.2) is 11.5 Å². The first-order valence-corrected chi connectivity index (χ1v) is 7.47. The molecule has 0 aliphatic heterocycles. The lowest BCUT2D eigenvalue weighted by molar-refractivity contribution is 0.232. The molecule has 1 aliphatic rings. The highest BCUT2D eigenvalue weighted by atomic mass is 14.9. The van der Waals surface area contributed by atoms with Crippen LogP contribution < -0.4 is 5.32 Å². The maximum absolute atomic E-state index is 4.48. The van der Waals surface area contributed by atoms with Gasteiger partial charge in [-0.3, -0.25) is 4.98 Å². The quantitative estimate of drug-likeness (QED) is 0.869. The molecule has 1 unspecified atom stereocenters. The smallest absolute Gasteiger partial charge is 0.0705 e. The minimum Gasteiger partial charge on any atom is -0.310 e. The molecular weight excluding hydrogens is 232 g/mol. The van der Waals surface area contributed by atoms with Crippen molar-refractivity contribution in [3.8, 4) is 0 Å². The maximum atomic E-state index is 4.48. The Bertz CT molecular complexity index is 540. The van der Waals surface area contributed by atoms with Crippen LogP contribution in [0.4, 0.5) is 0 Å². The third-order valence-electron chi connectivity index (χ3n) is 4.25. The fraction of sp³-hybridized carbons (Fsp3) is 0.471. The summed E-state index contributed by atoms with van der Waals surface area (Å²) in [5, 5.41) is 5.06. The van der Waals surface area contributed by atoms with E-state index in [1.165, 1.54) is 36.6 Å². The van der Waals surface area contributed by atoms with E-state index in [-0.39, 0.29) is 0 Å². The van der Waals surface area contributed by atoms with E-state index in [0.717, 1.165) is 18.0 Å². The van der Waals surface area contributed by atoms with Crippen molar-refractivity contribution in [2.45, 2.75) is 38.6 Å². The van der Waals surface area contributed by atoms with Gasteiger partial charge in [0.15, 0.2) is 0 Å². The molecule has 0 saturated heterocycles. The van der Waals surface area contributed by atoms with Gasteiger partial charge in [-0.15, -0.1) is 0 Å². The topological polar surface area (TPSA) is 24.9 Å². The van der Waals surface area contributed by atoms with E-state index in [2.05, 4.69) is 41.5 Å². The number of aromatic nitrogens is 1. The number of hydrogen-bond acceptors (Lipinski definition) is 2. The third-order valence-corrected chi connectivity index (χ3v) is 4.25. The van der Waals surface area contributed by atoms with E-state index in [9.17, 15) is 0 Å². The molecule has 2 heteroatoms. The first-order chi connectivity index (χ1) is 9.40. The number of rotatable bonds is 5. The molecule has 0 amide bonds. The summed E-state index contributed by atoms with van der Waals surface area (Å²) >= 11 is 0. The van der Waals surface area contributed by atoms with Gasteiger partial charge >= 0.3 is 0 Å². The van der Waals surface area contributed by atoms with Crippen LogP contribution in [0.25, 0.3) is 10.9 Å². The summed E-state index contributed by atoms with van der Waals surface area (Å²) in [5.41, 5.74) is 2.55. The van der Waals surface area contributed by atoms with Crippen LogP contribution in [0.3, 0.4) is 0 Å². The second kappa shape index (κ2) is 5.70. The molecule has 1 atom stereocenters. The minimum atomic E-state index is 0.501. The number of nitrogens with one attached hydrogen (secondary N) is 1. The largest absolute Gasteiger partial charge is 0.310 e. The molecule has 1 aliphatic carbocycles. The lowest BCUT2D eigenvalue weighted by atomic mass is 9.76. The van der Waals surface area contributed by atoms with Crippen LogP contribution in [0, 0.1) is 5.92 Å². The van der Waals surface area contributed by atoms with Crippen molar-refractivity contribution in [2.75, 3.05) is 6.54 Å². The van der Waals surface area contributed by atoms with E-state index in [1.807, 2.05) is 12.3 Å². The molecule has 0 bridgehead atoms. The molecule has 1 N–H and O–H groups in total. The summed E-state index contributed by atoms with van der Waals surface area (Å²) in [6, 6.07) is 11.3. The fourth-order valence-corrected chi connectivity index (χ4v) is 3.00. The summed E-state index contributed by atoms with van der Waals surface area (Å²) in [6.07, 6.45) is 7.17. The zero-order valence-electron chi connectivity index (χ0n) is 11.6. The third kappa shape index (κ3) is 2.50. The predicted octanol–water partition coefficient (Wildman–Crippen LogP) is 4.08. The highest BCUT2D eigenvalue weighted by molar-refractivity contribution is 5.82. The average Bonchev–Trinajstić information content (AvgIpc) is 2.41. The molecule has 0 radical (unpaired) electrons. The van der Waals surface area contributed by atoms with Crippen molar-refractivity contribution in [3.05, 3.63) is 42.1 Å². The van der Waals surface area contributed by atoms with E-state index in [1.54, 1.807) is 0 Å². The second-order valence-electron chi connectivity index (χ2n) is 5.54. The highest BCUT2D eigenvalue weighted by Crippen LogP contribution is 2.39. The van der Waals surface area contributed by atoms with Crippen LogP contribution in [0.15, 0.2) is 36.5 Å². The standard InChI is InChI=1S/C17H22N2/c1-2-11-19-17(13-6-3-7-13)15-8-4-10-16-14(15)9-5-12-18-16/h4-5,8-10,12-13,17,19H,2-3,6-7,11H2,1H3. The Hall–Kier alpha value is -1.41. The van der Waals surface area contributed by atoms with Crippen LogP contribution in [0.5, 0.6) is 0 Å². The maximum Gasteiger partial charge on any atom is 0.0705 e. The van der Waals surface area contributed by atoms with Gasteiger partial charge in [-0.2, -0.15) is 0 Å². The Morgan fingerprint density at radius 3 is 2.89 bits per heavy atom. The van der Waals surface area contributed by atoms with Gasteiger partial charge in [0.2, 0.25) is 0 Å². The minimum absolute atomic E-state index is 0.501. The Morgan fingerprint density at radius 2 is 2.16 bits per heavy atom. The van der Waals surface area contributed by atoms with Gasteiger partial charge in [0.25, 0.3) is 0 Å². The molecule has 19 heavy (non-hydrogen) atoms. The summed E-state index contributed by atoms with van der Waals surface area (Å²) in [5.74, 6) is 0.803. The van der Waals surface area contributed by atoms with E-state index < -0.39 is 0 Å². The lowest BCUT2D eigenvalue weighted by Crippen LogP contribution is -2.32. The molecule has 0 spiro atoms. The zero-order valence-corrected chi connectivity index (χ0v) is 11.6. The zero-order chi connectivity index (χ0) is 13.1. The summed E-state index contributed by atoms with van der Waals surface area (Å²) in [4.78, 5) is 4.48. The van der Waals surface area contributed by atoms with Crippen molar-refractivity contribution in [2.24, 2.45) is 5.92 Å². The highest BCUT2D eigenvalue weighted by Gasteiger charge is 2.28. The monoisotopic (exact) mass is 254 g/mol. The molecule has 1 heterocycles. The van der Waals surface area contributed by atoms with Gasteiger partial charge in [0.05, 0.1) is 5.52 Å². The summed E-state index contributed by atoms with van der Waals surface area (Å²) in [7, 11) is 0. The van der Waals surface area contributed by atoms with Crippen molar-refractivity contribution < 1.29 is 0 Å². The van der Waals surface area contributed by atoms with Gasteiger partial charge in [0, 0.05) is 17.6 Å². The van der Waals surface area contributed by atoms with Crippen molar-refractivity contribution >= 4 is 10.9 Å². The van der Waals surface area contributed by atoms with Gasteiger partial charge in [-0.25, -0.2) is 0 Å². The number of hydrogen-bond donors (Lipinski definition) is 1. The first kappa shape index (κ1) is 12.6. The second-order valence-corrected chi connectivity index (χ2v) is 5.54. The van der Waals surface area contributed by atoms with Crippen molar-refractivity contribution in [1.29, 1.82) is 0 Å². The van der Waals surface area contributed by atoms with E-state index in [0.29, 0.717) is 6.04 Å². The van der Waals surface area contributed by atoms with Gasteiger partial charge in [0.1, 0.15) is 0 Å². The average molecular weight is 254 g/mol. The van der Waals surface area contributed by atoms with E-state index >= 15 is 0 Å². The lowest BCUT2D eigenvalue weighted by Gasteiger charge is -2.35. The SMILES string of the molecule is CCCNC(c1cccc2ncccc12)C1CCC1. The number of benzene rings is 1. The Balaban J connectivity index is 1.98. The molecule has 2 nitrogen and oxygen atoms in total. The molecule has 1 aromatic carbocycles. The van der Waals surface area contributed by atoms with Crippen LogP contribution in [0.2, 0.25) is 0 Å². The fourth-order valence-electron chi connectivity index (χ4n) is 3.00. The van der Waals surface area contributed by atoms with Gasteiger partial charge in [-0.1, -0.05) is 31.5 Å². The number of nitrogens with zero attached hydrogens (tertiary/aromatic N) is 1. The Labute approximate surface area is 115 Å². The summed E-state index contributed by atoms with van der Waals surface area (Å²) in [6.45, 7) is 3.33. The number of fused-ring (bicyclic) bond motifs is 1. The molecule has 1 saturated carbocycles. The summed E-state index contributed by atoms with van der Waals surface area (Å²) < 4.78 is 0. The van der Waals surface area contributed by atoms with Crippen LogP contribution in [-0.2, 0) is 0 Å². The molecular formula is C17H22N2. The van der Waals surface area contributed by atoms with Gasteiger partial charge < -0.3 is 5.32 Å². The first-order valence-electron chi connectivity index (χ1n) is 7.47. The van der Waals surface area contributed by atoms with E-state index in [4.69, 9.17) is 0 Å². The molecule has 1 aromatic heterocycles.